The zero-order valence-electron chi connectivity index (χ0n) is 12.2. The highest BCUT2D eigenvalue weighted by molar-refractivity contribution is 5.90. The summed E-state index contributed by atoms with van der Waals surface area (Å²) in [7, 11) is 0. The minimum absolute atomic E-state index is 0.0116. The highest BCUT2D eigenvalue weighted by Crippen LogP contribution is 2.39. The predicted octanol–water partition coefficient (Wildman–Crippen LogP) is 3.46. The summed E-state index contributed by atoms with van der Waals surface area (Å²) in [4.78, 5) is 0. The van der Waals surface area contributed by atoms with Crippen molar-refractivity contribution in [2.45, 2.75) is 39.2 Å². The molecular weight excluding hydrogens is 256 g/mol. The number of furan rings is 1. The quantitative estimate of drug-likeness (QED) is 0.388. The molecule has 0 unspecified atom stereocenters. The SMILES string of the molecule is CC(C)c1oc2ccccc2c1OC(C)(C)C(N)=NO. The summed E-state index contributed by atoms with van der Waals surface area (Å²) >= 11 is 0. The van der Waals surface area contributed by atoms with Crippen molar-refractivity contribution < 1.29 is 14.4 Å². The van der Waals surface area contributed by atoms with E-state index in [1.54, 1.807) is 13.8 Å². The molecule has 0 fully saturated rings. The fraction of sp³-hybridized carbons (Fsp3) is 0.400. The average molecular weight is 276 g/mol. The van der Waals surface area contributed by atoms with Gasteiger partial charge in [0.2, 0.25) is 0 Å². The normalized spacial score (nSPS) is 13.2. The van der Waals surface area contributed by atoms with Crippen LogP contribution in [0.15, 0.2) is 33.8 Å². The van der Waals surface area contributed by atoms with Crippen LogP contribution in [0.3, 0.4) is 0 Å². The first kappa shape index (κ1) is 14.2. The van der Waals surface area contributed by atoms with Gasteiger partial charge in [0.1, 0.15) is 11.3 Å². The summed E-state index contributed by atoms with van der Waals surface area (Å²) in [5, 5.41) is 12.8. The summed E-state index contributed by atoms with van der Waals surface area (Å²) in [6, 6.07) is 7.66. The molecule has 0 saturated carbocycles. The van der Waals surface area contributed by atoms with Gasteiger partial charge in [0, 0.05) is 5.92 Å². The lowest BCUT2D eigenvalue weighted by Crippen LogP contribution is -2.43. The second-order valence-corrected chi connectivity index (χ2v) is 5.54. The second-order valence-electron chi connectivity index (χ2n) is 5.54. The molecule has 3 N–H and O–H groups in total. The van der Waals surface area contributed by atoms with E-state index in [2.05, 4.69) is 5.16 Å². The molecule has 0 amide bonds. The molecule has 1 aromatic carbocycles. The highest BCUT2D eigenvalue weighted by atomic mass is 16.5. The van der Waals surface area contributed by atoms with Crippen LogP contribution in [-0.4, -0.2) is 16.6 Å². The lowest BCUT2D eigenvalue weighted by Gasteiger charge is -2.25. The zero-order chi connectivity index (χ0) is 14.9. The third-order valence-electron chi connectivity index (χ3n) is 3.18. The molecule has 1 aromatic heterocycles. The number of para-hydroxylation sites is 1. The van der Waals surface area contributed by atoms with Crippen LogP contribution in [0.1, 0.15) is 39.4 Å². The minimum Gasteiger partial charge on any atom is -0.475 e. The van der Waals surface area contributed by atoms with Gasteiger partial charge < -0.3 is 20.1 Å². The van der Waals surface area contributed by atoms with E-state index in [0.29, 0.717) is 5.75 Å². The molecule has 5 nitrogen and oxygen atoms in total. The van der Waals surface area contributed by atoms with E-state index in [1.807, 2.05) is 38.1 Å². The predicted molar refractivity (Wildman–Crippen MR) is 78.4 cm³/mol. The lowest BCUT2D eigenvalue weighted by molar-refractivity contribution is 0.170. The molecule has 0 spiro atoms. The molecule has 0 radical (unpaired) electrons. The number of fused-ring (bicyclic) bond motifs is 1. The first-order chi connectivity index (χ1) is 9.36. The van der Waals surface area contributed by atoms with Gasteiger partial charge in [-0.15, -0.1) is 0 Å². The third kappa shape index (κ3) is 2.43. The van der Waals surface area contributed by atoms with Crippen molar-refractivity contribution in [2.24, 2.45) is 10.9 Å². The van der Waals surface area contributed by atoms with E-state index in [-0.39, 0.29) is 11.8 Å². The Morgan fingerprint density at radius 3 is 2.60 bits per heavy atom. The maximum Gasteiger partial charge on any atom is 0.182 e. The van der Waals surface area contributed by atoms with Crippen molar-refractivity contribution >= 4 is 16.8 Å². The van der Waals surface area contributed by atoms with Crippen LogP contribution in [-0.2, 0) is 0 Å². The summed E-state index contributed by atoms with van der Waals surface area (Å²) < 4.78 is 11.8. The number of nitrogens with two attached hydrogens (primary N) is 1. The van der Waals surface area contributed by atoms with Crippen LogP contribution >= 0.6 is 0 Å². The number of ether oxygens (including phenoxy) is 1. The smallest absolute Gasteiger partial charge is 0.182 e. The molecule has 0 aliphatic rings. The van der Waals surface area contributed by atoms with Gasteiger partial charge >= 0.3 is 0 Å². The first-order valence-electron chi connectivity index (χ1n) is 6.55. The molecule has 5 heteroatoms. The Kier molecular flexibility index (Phi) is 3.61. The van der Waals surface area contributed by atoms with E-state index >= 15 is 0 Å². The minimum atomic E-state index is -0.926. The van der Waals surface area contributed by atoms with Gasteiger partial charge in [-0.3, -0.25) is 0 Å². The molecule has 0 atom stereocenters. The zero-order valence-corrected chi connectivity index (χ0v) is 12.2. The Bertz CT molecular complexity index is 642. The standard InChI is InChI=1S/C15H20N2O3/c1-9(2)12-13(20-15(3,4)14(16)17-18)10-7-5-6-8-11(10)19-12/h5-9,18H,1-4H3,(H2,16,17). The van der Waals surface area contributed by atoms with Gasteiger partial charge in [-0.05, 0) is 26.0 Å². The van der Waals surface area contributed by atoms with Crippen LogP contribution in [0.2, 0.25) is 0 Å². The monoisotopic (exact) mass is 276 g/mol. The van der Waals surface area contributed by atoms with E-state index in [0.717, 1.165) is 16.7 Å². The fourth-order valence-electron chi connectivity index (χ4n) is 1.95. The Morgan fingerprint density at radius 2 is 2.00 bits per heavy atom. The van der Waals surface area contributed by atoms with Crippen molar-refractivity contribution in [1.82, 2.24) is 0 Å². The average Bonchev–Trinajstić information content (AvgIpc) is 2.76. The van der Waals surface area contributed by atoms with Crippen LogP contribution < -0.4 is 10.5 Å². The van der Waals surface area contributed by atoms with Gasteiger partial charge in [-0.1, -0.05) is 31.1 Å². The molecule has 108 valence electrons. The molecule has 1 heterocycles. The van der Waals surface area contributed by atoms with Crippen molar-refractivity contribution in [3.63, 3.8) is 0 Å². The summed E-state index contributed by atoms with van der Waals surface area (Å²) in [6.07, 6.45) is 0. The Morgan fingerprint density at radius 1 is 1.35 bits per heavy atom. The van der Waals surface area contributed by atoms with Gasteiger partial charge in [-0.25, -0.2) is 0 Å². The summed E-state index contributed by atoms with van der Waals surface area (Å²) in [5.41, 5.74) is 5.52. The number of hydrogen-bond acceptors (Lipinski definition) is 4. The molecule has 2 aromatic rings. The third-order valence-corrected chi connectivity index (χ3v) is 3.18. The van der Waals surface area contributed by atoms with Crippen molar-refractivity contribution in [3.05, 3.63) is 30.0 Å². The van der Waals surface area contributed by atoms with Gasteiger partial charge in [0.25, 0.3) is 0 Å². The van der Waals surface area contributed by atoms with Crippen molar-refractivity contribution in [2.75, 3.05) is 0 Å². The first-order valence-corrected chi connectivity index (χ1v) is 6.55. The van der Waals surface area contributed by atoms with Gasteiger partial charge in [0.05, 0.1) is 5.39 Å². The highest BCUT2D eigenvalue weighted by Gasteiger charge is 2.30. The molecule has 2 rings (SSSR count). The number of rotatable bonds is 4. The van der Waals surface area contributed by atoms with Crippen molar-refractivity contribution in [3.8, 4) is 5.75 Å². The van der Waals surface area contributed by atoms with Gasteiger partial charge in [0.15, 0.2) is 17.2 Å². The van der Waals surface area contributed by atoms with Gasteiger partial charge in [-0.2, -0.15) is 0 Å². The molecular formula is C15H20N2O3. The molecule has 0 aliphatic heterocycles. The van der Waals surface area contributed by atoms with E-state index in [9.17, 15) is 0 Å². The number of hydrogen-bond donors (Lipinski definition) is 2. The number of amidine groups is 1. The number of nitrogens with zero attached hydrogens (tertiary/aromatic N) is 1. The molecule has 0 saturated heterocycles. The van der Waals surface area contributed by atoms with E-state index in [4.69, 9.17) is 20.1 Å². The van der Waals surface area contributed by atoms with Crippen molar-refractivity contribution in [1.29, 1.82) is 0 Å². The maximum absolute atomic E-state index is 8.85. The molecule has 20 heavy (non-hydrogen) atoms. The number of oxime groups is 1. The van der Waals surface area contributed by atoms with Crippen LogP contribution in [0, 0.1) is 0 Å². The summed E-state index contributed by atoms with van der Waals surface area (Å²) in [5.74, 6) is 1.58. The maximum atomic E-state index is 8.85. The van der Waals surface area contributed by atoms with Crippen LogP contribution in [0.25, 0.3) is 11.0 Å². The van der Waals surface area contributed by atoms with Crippen LogP contribution in [0.5, 0.6) is 5.75 Å². The largest absolute Gasteiger partial charge is 0.475 e. The lowest BCUT2D eigenvalue weighted by atomic mass is 10.1. The second kappa shape index (κ2) is 5.07. The van der Waals surface area contributed by atoms with Crippen LogP contribution in [0.4, 0.5) is 0 Å². The molecule has 0 aliphatic carbocycles. The number of benzene rings is 1. The Hall–Kier alpha value is -2.17. The van der Waals surface area contributed by atoms with E-state index in [1.165, 1.54) is 0 Å². The Labute approximate surface area is 118 Å². The molecule has 0 bridgehead atoms. The topological polar surface area (TPSA) is 81.0 Å². The van der Waals surface area contributed by atoms with E-state index < -0.39 is 5.60 Å². The Balaban J connectivity index is 2.55. The fourth-order valence-corrected chi connectivity index (χ4v) is 1.95. The summed E-state index contributed by atoms with van der Waals surface area (Å²) in [6.45, 7) is 7.55.